The zero-order chi connectivity index (χ0) is 20.2. The molecule has 1 amide bonds. The van der Waals surface area contributed by atoms with Crippen molar-refractivity contribution in [2.45, 2.75) is 13.3 Å². The van der Waals surface area contributed by atoms with E-state index in [0.29, 0.717) is 19.6 Å². The molecule has 9 heteroatoms. The van der Waals surface area contributed by atoms with Gasteiger partial charge in [-0.2, -0.15) is 5.10 Å². The van der Waals surface area contributed by atoms with Gasteiger partial charge in [0.2, 0.25) is 5.91 Å². The lowest BCUT2D eigenvalue weighted by atomic mass is 10.2. The van der Waals surface area contributed by atoms with E-state index in [2.05, 4.69) is 33.6 Å². The number of guanidine groups is 1. The van der Waals surface area contributed by atoms with E-state index in [-0.39, 0.29) is 29.9 Å². The summed E-state index contributed by atoms with van der Waals surface area (Å²) in [5.41, 5.74) is 3.16. The topological polar surface area (TPSA) is 81.6 Å². The molecule has 2 N–H and O–H groups in total. The maximum absolute atomic E-state index is 12.7. The molecule has 0 bridgehead atoms. The smallest absolute Gasteiger partial charge is 0.246 e. The second kappa shape index (κ2) is 9.96. The van der Waals surface area contributed by atoms with Crippen molar-refractivity contribution < 1.29 is 4.79 Å². The number of para-hydroxylation sites is 1. The van der Waals surface area contributed by atoms with Crippen molar-refractivity contribution in [1.29, 1.82) is 0 Å². The van der Waals surface area contributed by atoms with Gasteiger partial charge in [0.15, 0.2) is 5.96 Å². The predicted molar refractivity (Wildman–Crippen MR) is 131 cm³/mol. The Bertz CT molecular complexity index is 992. The van der Waals surface area contributed by atoms with E-state index in [0.717, 1.165) is 36.7 Å². The lowest BCUT2D eigenvalue weighted by Gasteiger charge is -2.35. The molecule has 3 aromatic rings. The molecule has 0 aliphatic carbocycles. The van der Waals surface area contributed by atoms with Crippen molar-refractivity contribution in [3.05, 3.63) is 48.4 Å². The van der Waals surface area contributed by atoms with Crippen LogP contribution in [0.1, 0.15) is 12.6 Å². The van der Waals surface area contributed by atoms with Gasteiger partial charge in [-0.15, -0.1) is 24.0 Å². The molecule has 0 saturated carbocycles. The van der Waals surface area contributed by atoms with Crippen molar-refractivity contribution >= 4 is 52.4 Å². The molecule has 0 atom stereocenters. The number of carbonyl (C=O) groups excluding carboxylic acids is 1. The van der Waals surface area contributed by atoms with E-state index in [9.17, 15) is 4.79 Å². The average Bonchev–Trinajstić information content (AvgIpc) is 3.33. The third-order valence-corrected chi connectivity index (χ3v) is 5.09. The van der Waals surface area contributed by atoms with Crippen LogP contribution in [-0.2, 0) is 18.3 Å². The molecule has 160 valence electrons. The molecule has 1 aromatic carbocycles. The first-order valence-electron chi connectivity index (χ1n) is 10.0. The Labute approximate surface area is 193 Å². The van der Waals surface area contributed by atoms with Crippen LogP contribution in [0.4, 0.5) is 5.69 Å². The Kier molecular flexibility index (Phi) is 7.35. The summed E-state index contributed by atoms with van der Waals surface area (Å²) in [6.07, 6.45) is 4.42. The first kappa shape index (κ1) is 22.1. The maximum Gasteiger partial charge on any atom is 0.246 e. The van der Waals surface area contributed by atoms with Crippen LogP contribution >= 0.6 is 24.0 Å². The molecule has 1 aliphatic heterocycles. The van der Waals surface area contributed by atoms with Crippen LogP contribution in [0, 0.1) is 0 Å². The molecule has 1 aliphatic rings. The standard InChI is InChI=1S/C21H27N7O.HI/c1-3-22-21(23-9-8-17-12-16-6-4-5-7-19(16)25-17)27-10-11-28(20(29)15-27)18-13-24-26(2)14-18;/h4-7,12-14,25H,3,8-11,15H2,1-2H3,(H,22,23);1H. The average molecular weight is 521 g/mol. The molecule has 0 radical (unpaired) electrons. The molecule has 4 rings (SSSR count). The van der Waals surface area contributed by atoms with Crippen LogP contribution in [0.2, 0.25) is 0 Å². The van der Waals surface area contributed by atoms with Gasteiger partial charge in [-0.1, -0.05) is 18.2 Å². The van der Waals surface area contributed by atoms with Crippen LogP contribution in [0.3, 0.4) is 0 Å². The summed E-state index contributed by atoms with van der Waals surface area (Å²) >= 11 is 0. The molecule has 30 heavy (non-hydrogen) atoms. The number of nitrogens with zero attached hydrogens (tertiary/aromatic N) is 5. The zero-order valence-corrected chi connectivity index (χ0v) is 19.7. The highest BCUT2D eigenvalue weighted by molar-refractivity contribution is 14.0. The first-order chi connectivity index (χ1) is 14.1. The number of benzene rings is 1. The summed E-state index contributed by atoms with van der Waals surface area (Å²) in [7, 11) is 1.85. The number of rotatable bonds is 5. The number of aromatic nitrogens is 3. The summed E-state index contributed by atoms with van der Waals surface area (Å²) in [5, 5.41) is 8.71. The number of nitrogens with one attached hydrogen (secondary N) is 2. The van der Waals surface area contributed by atoms with E-state index in [1.807, 2.05) is 37.2 Å². The molecule has 2 aromatic heterocycles. The van der Waals surface area contributed by atoms with Gasteiger partial charge < -0.3 is 20.1 Å². The number of hydrogen-bond donors (Lipinski definition) is 2. The van der Waals surface area contributed by atoms with Crippen LogP contribution in [0.5, 0.6) is 0 Å². The van der Waals surface area contributed by atoms with Gasteiger partial charge in [0, 0.05) is 57.1 Å². The monoisotopic (exact) mass is 521 g/mol. The zero-order valence-electron chi connectivity index (χ0n) is 17.3. The highest BCUT2D eigenvalue weighted by atomic mass is 127. The number of carbonyl (C=O) groups is 1. The third kappa shape index (κ3) is 4.94. The Balaban J connectivity index is 0.00000256. The van der Waals surface area contributed by atoms with Crippen LogP contribution < -0.4 is 10.2 Å². The highest BCUT2D eigenvalue weighted by Gasteiger charge is 2.27. The summed E-state index contributed by atoms with van der Waals surface area (Å²) in [5.74, 6) is 0.855. The molecule has 0 spiro atoms. The van der Waals surface area contributed by atoms with Gasteiger partial charge >= 0.3 is 0 Å². The Hall–Kier alpha value is -2.56. The molecule has 8 nitrogen and oxygen atoms in total. The Morgan fingerprint density at radius 2 is 2.13 bits per heavy atom. The second-order valence-electron chi connectivity index (χ2n) is 7.21. The van der Waals surface area contributed by atoms with E-state index in [1.165, 1.54) is 11.1 Å². The molecule has 1 saturated heterocycles. The molecule has 3 heterocycles. The van der Waals surface area contributed by atoms with Crippen LogP contribution in [0.15, 0.2) is 47.7 Å². The van der Waals surface area contributed by atoms with Crippen molar-refractivity contribution in [2.24, 2.45) is 12.0 Å². The molecular formula is C21H28IN7O. The first-order valence-corrected chi connectivity index (χ1v) is 10.0. The van der Waals surface area contributed by atoms with E-state index >= 15 is 0 Å². The van der Waals surface area contributed by atoms with E-state index in [1.54, 1.807) is 15.8 Å². The SMILES string of the molecule is CCNC(=NCCc1cc2ccccc2[nH]1)N1CCN(c2cnn(C)c2)C(=O)C1.I. The van der Waals surface area contributed by atoms with Gasteiger partial charge in [-0.3, -0.25) is 14.5 Å². The fraction of sp³-hybridized carbons (Fsp3) is 0.381. The van der Waals surface area contributed by atoms with Crippen LogP contribution in [0.25, 0.3) is 10.9 Å². The molecular weight excluding hydrogens is 493 g/mol. The van der Waals surface area contributed by atoms with Gasteiger partial charge in [-0.25, -0.2) is 0 Å². The second-order valence-corrected chi connectivity index (χ2v) is 7.21. The van der Waals surface area contributed by atoms with Crippen molar-refractivity contribution in [1.82, 2.24) is 25.0 Å². The fourth-order valence-corrected chi connectivity index (χ4v) is 3.65. The minimum atomic E-state index is 0. The number of anilines is 1. The van der Waals surface area contributed by atoms with Gasteiger partial charge in [0.05, 0.1) is 11.9 Å². The number of aliphatic imine (C=N–C) groups is 1. The summed E-state index contributed by atoms with van der Waals surface area (Å²) < 4.78 is 1.71. The lowest BCUT2D eigenvalue weighted by Crippen LogP contribution is -2.55. The molecule has 0 unspecified atom stereocenters. The minimum Gasteiger partial charge on any atom is -0.358 e. The Morgan fingerprint density at radius 1 is 1.30 bits per heavy atom. The number of fused-ring (bicyclic) bond motifs is 1. The highest BCUT2D eigenvalue weighted by Crippen LogP contribution is 2.17. The number of halogens is 1. The van der Waals surface area contributed by atoms with Crippen molar-refractivity contribution in [3.63, 3.8) is 0 Å². The number of aryl methyl sites for hydroxylation is 1. The quantitative estimate of drug-likeness (QED) is 0.307. The predicted octanol–water partition coefficient (Wildman–Crippen LogP) is 2.38. The normalized spacial score (nSPS) is 14.9. The van der Waals surface area contributed by atoms with Gasteiger partial charge in [0.25, 0.3) is 0 Å². The number of piperazine rings is 1. The third-order valence-electron chi connectivity index (χ3n) is 5.09. The largest absolute Gasteiger partial charge is 0.358 e. The number of hydrogen-bond acceptors (Lipinski definition) is 3. The van der Waals surface area contributed by atoms with Gasteiger partial charge in [0.1, 0.15) is 6.54 Å². The number of H-pyrrole nitrogens is 1. The Morgan fingerprint density at radius 3 is 2.83 bits per heavy atom. The van der Waals surface area contributed by atoms with Crippen LogP contribution in [-0.4, -0.2) is 64.3 Å². The van der Waals surface area contributed by atoms with Crippen molar-refractivity contribution in [3.8, 4) is 0 Å². The van der Waals surface area contributed by atoms with E-state index in [4.69, 9.17) is 4.99 Å². The molecule has 1 fully saturated rings. The maximum atomic E-state index is 12.7. The van der Waals surface area contributed by atoms with E-state index < -0.39 is 0 Å². The van der Waals surface area contributed by atoms with Crippen molar-refractivity contribution in [2.75, 3.05) is 37.6 Å². The summed E-state index contributed by atoms with van der Waals surface area (Å²) in [6.45, 7) is 5.14. The summed E-state index contributed by atoms with van der Waals surface area (Å²) in [4.78, 5) is 24.7. The fourth-order valence-electron chi connectivity index (χ4n) is 3.65. The van der Waals surface area contributed by atoms with Gasteiger partial charge in [-0.05, 0) is 24.4 Å². The summed E-state index contributed by atoms with van der Waals surface area (Å²) in [6, 6.07) is 10.4. The minimum absolute atomic E-state index is 0. The lowest BCUT2D eigenvalue weighted by molar-refractivity contribution is -0.120. The number of aromatic amines is 1. The number of amides is 1.